The highest BCUT2D eigenvalue weighted by Crippen LogP contribution is 2.28. The van der Waals surface area contributed by atoms with E-state index >= 15 is 0 Å². The highest BCUT2D eigenvalue weighted by Gasteiger charge is 2.37. The van der Waals surface area contributed by atoms with E-state index < -0.39 is 5.97 Å². The third kappa shape index (κ3) is 4.40. The first-order chi connectivity index (χ1) is 12.2. The van der Waals surface area contributed by atoms with E-state index in [1.165, 1.54) is 43.4 Å². The van der Waals surface area contributed by atoms with Gasteiger partial charge in [-0.05, 0) is 51.2 Å². The molecule has 0 radical (unpaired) electrons. The number of hydrogen-bond acceptors (Lipinski definition) is 3. The lowest BCUT2D eigenvalue weighted by molar-refractivity contribution is -0.928. The lowest BCUT2D eigenvalue weighted by Gasteiger charge is -2.40. The molecule has 1 aromatic carbocycles. The van der Waals surface area contributed by atoms with Gasteiger partial charge >= 0.3 is 5.97 Å². The van der Waals surface area contributed by atoms with E-state index in [1.54, 1.807) is 25.1 Å². The van der Waals surface area contributed by atoms with Gasteiger partial charge in [0.15, 0.2) is 6.54 Å². The Morgan fingerprint density at radius 1 is 1.16 bits per heavy atom. The Morgan fingerprint density at radius 3 is 2.76 bits per heavy atom. The van der Waals surface area contributed by atoms with Gasteiger partial charge < -0.3 is 15.0 Å². The fraction of sp³-hybridized carbons (Fsp3) is 0.600. The van der Waals surface area contributed by atoms with Crippen LogP contribution in [0.1, 0.15) is 55.8 Å². The number of piperidine rings is 1. The number of anilines is 1. The van der Waals surface area contributed by atoms with E-state index in [1.807, 2.05) is 6.07 Å². The molecule has 2 fully saturated rings. The van der Waals surface area contributed by atoms with Crippen LogP contribution in [0.25, 0.3) is 0 Å². The summed E-state index contributed by atoms with van der Waals surface area (Å²) < 4.78 is 5.08. The van der Waals surface area contributed by atoms with Gasteiger partial charge in [0, 0.05) is 5.92 Å². The van der Waals surface area contributed by atoms with Gasteiger partial charge in [0.1, 0.15) is 0 Å². The number of carbonyl (C=O) groups is 2. The molecule has 1 saturated heterocycles. The SMILES string of the molecule is CCOC(=O)c1ccccc1NC(=O)C[NH+]1CCC[C@H]2CCCC[C@@H]21. The monoisotopic (exact) mass is 345 g/mol. The fourth-order valence-corrected chi connectivity index (χ4v) is 4.47. The molecule has 1 heterocycles. The van der Waals surface area contributed by atoms with Gasteiger partial charge in [0.05, 0.1) is 30.4 Å². The molecule has 1 unspecified atom stereocenters. The van der Waals surface area contributed by atoms with Crippen molar-refractivity contribution < 1.29 is 19.2 Å². The average molecular weight is 345 g/mol. The summed E-state index contributed by atoms with van der Waals surface area (Å²) in [6, 6.07) is 7.69. The number of nitrogens with one attached hydrogen (secondary N) is 2. The van der Waals surface area contributed by atoms with E-state index in [2.05, 4.69) is 5.32 Å². The number of amides is 1. The Morgan fingerprint density at radius 2 is 1.92 bits per heavy atom. The van der Waals surface area contributed by atoms with E-state index in [9.17, 15) is 9.59 Å². The van der Waals surface area contributed by atoms with E-state index in [4.69, 9.17) is 4.74 Å². The molecule has 1 aromatic rings. The van der Waals surface area contributed by atoms with Gasteiger partial charge in [0.2, 0.25) is 0 Å². The standard InChI is InChI=1S/C20H28N2O3/c1-2-25-20(24)16-10-4-5-11-17(16)21-19(23)14-22-13-7-9-15-8-3-6-12-18(15)22/h4-5,10-11,15,18H,2-3,6-9,12-14H2,1H3,(H,21,23)/p+1/t15-,18+/m1/s1. The molecule has 1 aliphatic carbocycles. The minimum atomic E-state index is -0.393. The largest absolute Gasteiger partial charge is 0.462 e. The Balaban J connectivity index is 1.64. The molecule has 0 spiro atoms. The molecule has 0 aromatic heterocycles. The molecule has 5 heteroatoms. The van der Waals surface area contributed by atoms with Crippen molar-refractivity contribution in [2.45, 2.75) is 51.5 Å². The molecule has 25 heavy (non-hydrogen) atoms. The number of hydrogen-bond donors (Lipinski definition) is 2. The van der Waals surface area contributed by atoms with Crippen molar-refractivity contribution in [3.63, 3.8) is 0 Å². The normalized spacial score (nSPS) is 25.7. The molecule has 3 atom stereocenters. The number of likely N-dealkylation sites (tertiary alicyclic amines) is 1. The van der Waals surface area contributed by atoms with Crippen LogP contribution >= 0.6 is 0 Å². The molecule has 1 saturated carbocycles. The zero-order valence-electron chi connectivity index (χ0n) is 15.1. The van der Waals surface area contributed by atoms with Crippen LogP contribution in [0, 0.1) is 5.92 Å². The van der Waals surface area contributed by atoms with Crippen LogP contribution in [0.3, 0.4) is 0 Å². The zero-order valence-corrected chi connectivity index (χ0v) is 15.1. The summed E-state index contributed by atoms with van der Waals surface area (Å²) in [5.41, 5.74) is 0.962. The maximum absolute atomic E-state index is 12.6. The van der Waals surface area contributed by atoms with Gasteiger partial charge in [-0.25, -0.2) is 4.79 Å². The molecule has 0 bridgehead atoms. The lowest BCUT2D eigenvalue weighted by atomic mass is 9.78. The summed E-state index contributed by atoms with van der Waals surface area (Å²) in [4.78, 5) is 26.1. The van der Waals surface area contributed by atoms with Crippen LogP contribution in [-0.4, -0.2) is 37.6 Å². The van der Waals surface area contributed by atoms with Crippen LogP contribution in [-0.2, 0) is 9.53 Å². The van der Waals surface area contributed by atoms with Crippen LogP contribution in [0.4, 0.5) is 5.69 Å². The highest BCUT2D eigenvalue weighted by atomic mass is 16.5. The van der Waals surface area contributed by atoms with Crippen molar-refractivity contribution in [3.05, 3.63) is 29.8 Å². The number of carbonyl (C=O) groups excluding carboxylic acids is 2. The van der Waals surface area contributed by atoms with Crippen LogP contribution in [0.5, 0.6) is 0 Å². The van der Waals surface area contributed by atoms with Gasteiger partial charge in [-0.15, -0.1) is 0 Å². The number of fused-ring (bicyclic) bond motifs is 1. The molecular weight excluding hydrogens is 316 g/mol. The molecule has 2 aliphatic rings. The summed E-state index contributed by atoms with van der Waals surface area (Å²) >= 11 is 0. The number of ether oxygens (including phenoxy) is 1. The predicted molar refractivity (Wildman–Crippen MR) is 96.7 cm³/mol. The quantitative estimate of drug-likeness (QED) is 0.803. The summed E-state index contributed by atoms with van der Waals surface area (Å²) in [6.45, 7) is 3.66. The average Bonchev–Trinajstić information content (AvgIpc) is 2.62. The molecule has 5 nitrogen and oxygen atoms in total. The zero-order chi connectivity index (χ0) is 17.6. The first-order valence-corrected chi connectivity index (χ1v) is 9.59. The van der Waals surface area contributed by atoms with Gasteiger partial charge in [-0.2, -0.15) is 0 Å². The number of esters is 1. The smallest absolute Gasteiger partial charge is 0.340 e. The summed E-state index contributed by atoms with van der Waals surface area (Å²) in [5, 5.41) is 2.93. The molecule has 136 valence electrons. The Bertz CT molecular complexity index is 615. The first-order valence-electron chi connectivity index (χ1n) is 9.59. The lowest BCUT2D eigenvalue weighted by Crippen LogP contribution is -3.18. The van der Waals surface area contributed by atoms with Crippen molar-refractivity contribution >= 4 is 17.6 Å². The molecule has 3 rings (SSSR count). The van der Waals surface area contributed by atoms with Crippen LogP contribution in [0.15, 0.2) is 24.3 Å². The maximum atomic E-state index is 12.6. The Hall–Kier alpha value is -1.88. The van der Waals surface area contributed by atoms with E-state index in [0.717, 1.165) is 12.5 Å². The van der Waals surface area contributed by atoms with Crippen molar-refractivity contribution in [1.82, 2.24) is 0 Å². The molecule has 1 aliphatic heterocycles. The predicted octanol–water partition coefficient (Wildman–Crippen LogP) is 2.04. The second-order valence-corrected chi connectivity index (χ2v) is 7.19. The Kier molecular flexibility index (Phi) is 6.08. The Labute approximate surface area is 149 Å². The first kappa shape index (κ1) is 17.9. The maximum Gasteiger partial charge on any atom is 0.340 e. The third-order valence-corrected chi connectivity index (χ3v) is 5.59. The van der Waals surface area contributed by atoms with Crippen molar-refractivity contribution in [2.24, 2.45) is 5.92 Å². The highest BCUT2D eigenvalue weighted by molar-refractivity contribution is 6.01. The third-order valence-electron chi connectivity index (χ3n) is 5.59. The van der Waals surface area contributed by atoms with E-state index in [-0.39, 0.29) is 5.91 Å². The van der Waals surface area contributed by atoms with Crippen molar-refractivity contribution in [2.75, 3.05) is 25.0 Å². The molecular formula is C20H29N2O3+. The van der Waals surface area contributed by atoms with Gasteiger partial charge in [-0.3, -0.25) is 4.79 Å². The summed E-state index contributed by atoms with van der Waals surface area (Å²) in [6.07, 6.45) is 7.73. The second-order valence-electron chi connectivity index (χ2n) is 7.19. The number of para-hydroxylation sites is 1. The molecule has 2 N–H and O–H groups in total. The second kappa shape index (κ2) is 8.48. The van der Waals surface area contributed by atoms with Crippen molar-refractivity contribution in [3.8, 4) is 0 Å². The van der Waals surface area contributed by atoms with Gasteiger partial charge in [0.25, 0.3) is 5.91 Å². The molecule has 1 amide bonds. The number of rotatable bonds is 5. The topological polar surface area (TPSA) is 59.8 Å². The van der Waals surface area contributed by atoms with Gasteiger partial charge in [-0.1, -0.05) is 18.6 Å². The van der Waals surface area contributed by atoms with E-state index in [0.29, 0.717) is 30.4 Å². The minimum Gasteiger partial charge on any atom is -0.462 e. The minimum absolute atomic E-state index is 0.0158. The number of quaternary nitrogens is 1. The summed E-state index contributed by atoms with van der Waals surface area (Å²) in [7, 11) is 0. The van der Waals surface area contributed by atoms with Crippen LogP contribution in [0.2, 0.25) is 0 Å². The van der Waals surface area contributed by atoms with Crippen molar-refractivity contribution in [1.29, 1.82) is 0 Å². The summed E-state index contributed by atoms with van der Waals surface area (Å²) in [5.74, 6) is 0.381. The number of benzene rings is 1. The fourth-order valence-electron chi connectivity index (χ4n) is 4.47. The van der Waals surface area contributed by atoms with Crippen LogP contribution < -0.4 is 10.2 Å².